The molecule has 0 amide bonds. The molecular weight excluding hydrogens is 206 g/mol. The number of benzene rings is 1. The third kappa shape index (κ3) is 1.74. The second-order valence-electron chi connectivity index (χ2n) is 3.72. The number of rotatable bonds is 3. The zero-order valence-electron chi connectivity index (χ0n) is 9.23. The summed E-state index contributed by atoms with van der Waals surface area (Å²) in [5.41, 5.74) is 1.82. The molecule has 4 heteroatoms. The summed E-state index contributed by atoms with van der Waals surface area (Å²) in [6.45, 7) is 0. The number of hydrogen-bond acceptors (Lipinski definition) is 2. The van der Waals surface area contributed by atoms with Crippen LogP contribution in [0.3, 0.4) is 0 Å². The van der Waals surface area contributed by atoms with Gasteiger partial charge in [0.05, 0.1) is 13.5 Å². The first-order chi connectivity index (χ1) is 7.61. The Morgan fingerprint density at radius 2 is 2.25 bits per heavy atom. The average molecular weight is 219 g/mol. The summed E-state index contributed by atoms with van der Waals surface area (Å²) in [4.78, 5) is 10.7. The van der Waals surface area contributed by atoms with E-state index in [0.717, 1.165) is 22.2 Å². The normalized spacial score (nSPS) is 10.6. The first-order valence-electron chi connectivity index (χ1n) is 4.95. The van der Waals surface area contributed by atoms with E-state index in [2.05, 4.69) is 0 Å². The number of nitrogens with zero attached hydrogens (tertiary/aromatic N) is 1. The van der Waals surface area contributed by atoms with Crippen molar-refractivity contribution in [3.05, 3.63) is 30.0 Å². The van der Waals surface area contributed by atoms with Crippen LogP contribution in [0.2, 0.25) is 0 Å². The zero-order chi connectivity index (χ0) is 11.7. The van der Waals surface area contributed by atoms with Crippen molar-refractivity contribution in [3.63, 3.8) is 0 Å². The summed E-state index contributed by atoms with van der Waals surface area (Å²) in [5, 5.41) is 9.76. The number of aliphatic carboxylic acids is 1. The lowest BCUT2D eigenvalue weighted by atomic mass is 10.1. The highest BCUT2D eigenvalue weighted by molar-refractivity contribution is 5.88. The van der Waals surface area contributed by atoms with Gasteiger partial charge in [0, 0.05) is 24.1 Å². The topological polar surface area (TPSA) is 51.5 Å². The first-order valence-corrected chi connectivity index (χ1v) is 4.95. The summed E-state index contributed by atoms with van der Waals surface area (Å²) in [7, 11) is 3.50. The number of carbonyl (C=O) groups is 1. The number of aryl methyl sites for hydroxylation is 1. The SMILES string of the molecule is COc1ccc2c(c1)c(CC(=O)O)cn2C. The highest BCUT2D eigenvalue weighted by Gasteiger charge is 2.10. The number of aromatic nitrogens is 1. The maximum absolute atomic E-state index is 10.7. The van der Waals surface area contributed by atoms with Gasteiger partial charge >= 0.3 is 5.97 Å². The molecular formula is C12H13NO3. The van der Waals surface area contributed by atoms with Crippen LogP contribution in [0, 0.1) is 0 Å². The van der Waals surface area contributed by atoms with E-state index < -0.39 is 5.97 Å². The van der Waals surface area contributed by atoms with E-state index in [1.807, 2.05) is 36.0 Å². The van der Waals surface area contributed by atoms with Gasteiger partial charge < -0.3 is 14.4 Å². The average Bonchev–Trinajstić information content (AvgIpc) is 2.54. The Balaban J connectivity index is 2.60. The molecule has 4 nitrogen and oxygen atoms in total. The van der Waals surface area contributed by atoms with E-state index >= 15 is 0 Å². The monoisotopic (exact) mass is 219 g/mol. The molecule has 0 spiro atoms. The lowest BCUT2D eigenvalue weighted by Crippen LogP contribution is -1.99. The van der Waals surface area contributed by atoms with Crippen LogP contribution in [-0.4, -0.2) is 22.8 Å². The molecule has 0 unspecified atom stereocenters. The molecule has 0 atom stereocenters. The lowest BCUT2D eigenvalue weighted by Gasteiger charge is -2.01. The molecule has 0 radical (unpaired) electrons. The minimum Gasteiger partial charge on any atom is -0.497 e. The van der Waals surface area contributed by atoms with Crippen molar-refractivity contribution in [2.75, 3.05) is 7.11 Å². The molecule has 1 heterocycles. The van der Waals surface area contributed by atoms with Crippen molar-refractivity contribution in [3.8, 4) is 5.75 Å². The Morgan fingerprint density at radius 3 is 2.88 bits per heavy atom. The molecule has 0 fully saturated rings. The minimum absolute atomic E-state index is 0.0322. The van der Waals surface area contributed by atoms with Crippen molar-refractivity contribution < 1.29 is 14.6 Å². The Kier molecular flexibility index (Phi) is 2.56. The molecule has 0 bridgehead atoms. The van der Waals surface area contributed by atoms with Crippen molar-refractivity contribution >= 4 is 16.9 Å². The van der Waals surface area contributed by atoms with Crippen LogP contribution in [-0.2, 0) is 18.3 Å². The van der Waals surface area contributed by atoms with E-state index in [1.54, 1.807) is 7.11 Å². The molecule has 84 valence electrons. The Labute approximate surface area is 93.1 Å². The van der Waals surface area contributed by atoms with Crippen molar-refractivity contribution in [2.24, 2.45) is 7.05 Å². The number of fused-ring (bicyclic) bond motifs is 1. The van der Waals surface area contributed by atoms with Gasteiger partial charge in [-0.2, -0.15) is 0 Å². The summed E-state index contributed by atoms with van der Waals surface area (Å²) in [5.74, 6) is -0.0827. The van der Waals surface area contributed by atoms with Crippen LogP contribution < -0.4 is 4.74 Å². The van der Waals surface area contributed by atoms with Gasteiger partial charge in [0.2, 0.25) is 0 Å². The van der Waals surface area contributed by atoms with Crippen LogP contribution in [0.25, 0.3) is 10.9 Å². The number of hydrogen-bond donors (Lipinski definition) is 1. The number of ether oxygens (including phenoxy) is 1. The largest absolute Gasteiger partial charge is 0.497 e. The van der Waals surface area contributed by atoms with Gasteiger partial charge in [-0.15, -0.1) is 0 Å². The van der Waals surface area contributed by atoms with Crippen LogP contribution >= 0.6 is 0 Å². The number of methoxy groups -OCH3 is 1. The maximum Gasteiger partial charge on any atom is 0.307 e. The third-order valence-corrected chi connectivity index (χ3v) is 2.62. The second-order valence-corrected chi connectivity index (χ2v) is 3.72. The summed E-state index contributed by atoms with van der Waals surface area (Å²) >= 11 is 0. The Morgan fingerprint density at radius 1 is 1.50 bits per heavy atom. The van der Waals surface area contributed by atoms with E-state index in [0.29, 0.717) is 0 Å². The molecule has 1 aromatic carbocycles. The summed E-state index contributed by atoms with van der Waals surface area (Å²) in [6.07, 6.45) is 1.88. The molecule has 0 saturated carbocycles. The van der Waals surface area contributed by atoms with Gasteiger partial charge in [0.15, 0.2) is 0 Å². The fourth-order valence-electron chi connectivity index (χ4n) is 1.88. The number of carboxylic acids is 1. The van der Waals surface area contributed by atoms with Gasteiger partial charge in [-0.1, -0.05) is 0 Å². The molecule has 2 rings (SSSR count). The molecule has 1 aromatic heterocycles. The predicted octanol–water partition coefficient (Wildman–Crippen LogP) is 1.81. The summed E-state index contributed by atoms with van der Waals surface area (Å²) in [6, 6.07) is 5.67. The van der Waals surface area contributed by atoms with Crippen LogP contribution in [0.1, 0.15) is 5.56 Å². The van der Waals surface area contributed by atoms with Gasteiger partial charge in [-0.25, -0.2) is 0 Å². The van der Waals surface area contributed by atoms with E-state index in [-0.39, 0.29) is 6.42 Å². The fraction of sp³-hybridized carbons (Fsp3) is 0.250. The van der Waals surface area contributed by atoms with E-state index in [4.69, 9.17) is 9.84 Å². The molecule has 0 saturated heterocycles. The van der Waals surface area contributed by atoms with Crippen LogP contribution in [0.5, 0.6) is 5.75 Å². The van der Waals surface area contributed by atoms with Crippen molar-refractivity contribution in [2.45, 2.75) is 6.42 Å². The summed E-state index contributed by atoms with van der Waals surface area (Å²) < 4.78 is 7.06. The zero-order valence-corrected chi connectivity index (χ0v) is 9.23. The highest BCUT2D eigenvalue weighted by atomic mass is 16.5. The molecule has 1 N–H and O–H groups in total. The lowest BCUT2D eigenvalue weighted by molar-refractivity contribution is -0.136. The molecule has 0 aliphatic heterocycles. The van der Waals surface area contributed by atoms with Crippen molar-refractivity contribution in [1.82, 2.24) is 4.57 Å². The molecule has 2 aromatic rings. The Hall–Kier alpha value is -1.97. The van der Waals surface area contributed by atoms with Gasteiger partial charge in [-0.05, 0) is 23.8 Å². The molecule has 0 aliphatic rings. The van der Waals surface area contributed by atoms with E-state index in [1.165, 1.54) is 0 Å². The van der Waals surface area contributed by atoms with Crippen molar-refractivity contribution in [1.29, 1.82) is 0 Å². The predicted molar refractivity (Wildman–Crippen MR) is 60.8 cm³/mol. The van der Waals surface area contributed by atoms with Gasteiger partial charge in [0.25, 0.3) is 0 Å². The third-order valence-electron chi connectivity index (χ3n) is 2.62. The Bertz CT molecular complexity index is 542. The quantitative estimate of drug-likeness (QED) is 0.856. The smallest absolute Gasteiger partial charge is 0.307 e. The van der Waals surface area contributed by atoms with Gasteiger partial charge in [-0.3, -0.25) is 4.79 Å². The van der Waals surface area contributed by atoms with Crippen LogP contribution in [0.15, 0.2) is 24.4 Å². The highest BCUT2D eigenvalue weighted by Crippen LogP contribution is 2.25. The van der Waals surface area contributed by atoms with Crippen LogP contribution in [0.4, 0.5) is 0 Å². The molecule has 16 heavy (non-hydrogen) atoms. The number of carboxylic acid groups (broad SMARTS) is 1. The standard InChI is InChI=1S/C12H13NO3/c1-13-7-8(5-12(14)15)10-6-9(16-2)3-4-11(10)13/h3-4,6-7H,5H2,1-2H3,(H,14,15). The first kappa shape index (κ1) is 10.5. The second kappa shape index (κ2) is 3.89. The molecule has 0 aliphatic carbocycles. The van der Waals surface area contributed by atoms with Gasteiger partial charge in [0.1, 0.15) is 5.75 Å². The minimum atomic E-state index is -0.824. The van der Waals surface area contributed by atoms with E-state index in [9.17, 15) is 4.79 Å². The fourth-order valence-corrected chi connectivity index (χ4v) is 1.88. The maximum atomic E-state index is 10.7.